The molecule has 21 heavy (non-hydrogen) atoms. The lowest BCUT2D eigenvalue weighted by atomic mass is 10.2. The van der Waals surface area contributed by atoms with Gasteiger partial charge in [0.1, 0.15) is 5.82 Å². The molecule has 3 aromatic rings. The Morgan fingerprint density at radius 1 is 1.00 bits per heavy atom. The molecule has 0 aliphatic heterocycles. The molecule has 0 saturated heterocycles. The molecule has 1 aromatic heterocycles. The van der Waals surface area contributed by atoms with Gasteiger partial charge in [0.05, 0.1) is 5.52 Å². The molecule has 5 heteroatoms. The van der Waals surface area contributed by atoms with Gasteiger partial charge in [0.15, 0.2) is 0 Å². The minimum absolute atomic E-state index is 0.609. The number of anilines is 3. The molecular weight excluding hydrogens is 280 g/mol. The highest BCUT2D eigenvalue weighted by molar-refractivity contribution is 7.98. The van der Waals surface area contributed by atoms with Crippen LogP contribution in [0.15, 0.2) is 53.4 Å². The molecular formula is C16H16N4S. The van der Waals surface area contributed by atoms with Gasteiger partial charge >= 0.3 is 0 Å². The van der Waals surface area contributed by atoms with Gasteiger partial charge in [0.25, 0.3) is 0 Å². The van der Waals surface area contributed by atoms with E-state index in [2.05, 4.69) is 39.0 Å². The SMILES string of the molecule is CNc1nc(Nc2cccc(SC)c2)c2ccccc2n1. The van der Waals surface area contributed by atoms with E-state index in [1.165, 1.54) is 4.90 Å². The minimum Gasteiger partial charge on any atom is -0.357 e. The molecule has 0 radical (unpaired) electrons. The molecule has 0 fully saturated rings. The molecule has 0 amide bonds. The van der Waals surface area contributed by atoms with E-state index in [9.17, 15) is 0 Å². The molecule has 0 spiro atoms. The van der Waals surface area contributed by atoms with E-state index < -0.39 is 0 Å². The second-order valence-corrected chi connectivity index (χ2v) is 5.40. The summed E-state index contributed by atoms with van der Waals surface area (Å²) >= 11 is 1.72. The summed E-state index contributed by atoms with van der Waals surface area (Å²) in [5, 5.41) is 7.40. The van der Waals surface area contributed by atoms with Crippen LogP contribution < -0.4 is 10.6 Å². The van der Waals surface area contributed by atoms with Gasteiger partial charge in [-0.15, -0.1) is 11.8 Å². The van der Waals surface area contributed by atoms with E-state index in [1.807, 2.05) is 43.4 Å². The smallest absolute Gasteiger partial charge is 0.224 e. The molecule has 106 valence electrons. The highest BCUT2D eigenvalue weighted by Crippen LogP contribution is 2.26. The molecule has 0 aliphatic carbocycles. The number of rotatable bonds is 4. The predicted molar refractivity (Wildman–Crippen MR) is 90.6 cm³/mol. The second-order valence-electron chi connectivity index (χ2n) is 4.52. The topological polar surface area (TPSA) is 49.8 Å². The molecule has 2 N–H and O–H groups in total. The van der Waals surface area contributed by atoms with Gasteiger partial charge in [0, 0.05) is 23.0 Å². The van der Waals surface area contributed by atoms with Crippen LogP contribution in [0.2, 0.25) is 0 Å². The van der Waals surface area contributed by atoms with Crippen LogP contribution in [0.5, 0.6) is 0 Å². The van der Waals surface area contributed by atoms with Crippen molar-refractivity contribution >= 4 is 40.1 Å². The number of benzene rings is 2. The van der Waals surface area contributed by atoms with Crippen molar-refractivity contribution in [2.24, 2.45) is 0 Å². The third-order valence-electron chi connectivity index (χ3n) is 3.16. The molecule has 4 nitrogen and oxygen atoms in total. The van der Waals surface area contributed by atoms with E-state index >= 15 is 0 Å². The Bertz CT molecular complexity index is 773. The maximum absolute atomic E-state index is 4.53. The highest BCUT2D eigenvalue weighted by Gasteiger charge is 2.07. The van der Waals surface area contributed by atoms with Crippen LogP contribution in [-0.4, -0.2) is 23.3 Å². The second kappa shape index (κ2) is 6.01. The van der Waals surface area contributed by atoms with Crippen molar-refractivity contribution in [3.8, 4) is 0 Å². The van der Waals surface area contributed by atoms with E-state index in [4.69, 9.17) is 0 Å². The van der Waals surface area contributed by atoms with Crippen molar-refractivity contribution in [1.29, 1.82) is 0 Å². The normalized spacial score (nSPS) is 10.6. The first-order valence-corrected chi connectivity index (χ1v) is 7.88. The lowest BCUT2D eigenvalue weighted by Gasteiger charge is -2.11. The third kappa shape index (κ3) is 2.92. The van der Waals surface area contributed by atoms with Gasteiger partial charge in [-0.2, -0.15) is 4.98 Å². The Kier molecular flexibility index (Phi) is 3.92. The molecule has 1 heterocycles. The van der Waals surface area contributed by atoms with Gasteiger partial charge in [0.2, 0.25) is 5.95 Å². The summed E-state index contributed by atoms with van der Waals surface area (Å²) in [7, 11) is 1.82. The molecule has 0 aliphatic rings. The summed E-state index contributed by atoms with van der Waals surface area (Å²) in [6, 6.07) is 16.3. The molecule has 0 saturated carbocycles. The van der Waals surface area contributed by atoms with Crippen molar-refractivity contribution in [3.05, 3.63) is 48.5 Å². The number of nitrogens with zero attached hydrogens (tertiary/aromatic N) is 2. The average molecular weight is 296 g/mol. The van der Waals surface area contributed by atoms with E-state index in [0.29, 0.717) is 5.95 Å². The van der Waals surface area contributed by atoms with Crippen molar-refractivity contribution < 1.29 is 0 Å². The Morgan fingerprint density at radius 2 is 1.86 bits per heavy atom. The maximum Gasteiger partial charge on any atom is 0.224 e. The number of fused-ring (bicyclic) bond motifs is 1. The standard InChI is InChI=1S/C16H16N4S/c1-17-16-19-14-9-4-3-8-13(14)15(20-16)18-11-6-5-7-12(10-11)21-2/h3-10H,1-2H3,(H2,17,18,19,20). The lowest BCUT2D eigenvalue weighted by molar-refractivity contribution is 1.19. The molecule has 0 unspecified atom stereocenters. The van der Waals surface area contributed by atoms with Crippen molar-refractivity contribution in [3.63, 3.8) is 0 Å². The largest absolute Gasteiger partial charge is 0.357 e. The summed E-state index contributed by atoms with van der Waals surface area (Å²) in [4.78, 5) is 10.2. The fourth-order valence-electron chi connectivity index (χ4n) is 2.12. The zero-order valence-electron chi connectivity index (χ0n) is 11.9. The number of hydrogen-bond donors (Lipinski definition) is 2. The molecule has 3 rings (SSSR count). The fourth-order valence-corrected chi connectivity index (χ4v) is 2.58. The van der Waals surface area contributed by atoms with Crippen LogP contribution in [0.3, 0.4) is 0 Å². The first kappa shape index (κ1) is 13.7. The lowest BCUT2D eigenvalue weighted by Crippen LogP contribution is -2.01. The average Bonchev–Trinajstić information content (AvgIpc) is 2.55. The van der Waals surface area contributed by atoms with Crippen LogP contribution in [0.4, 0.5) is 17.5 Å². The fraction of sp³-hybridized carbons (Fsp3) is 0.125. The van der Waals surface area contributed by atoms with Crippen LogP contribution in [0, 0.1) is 0 Å². The number of thioether (sulfide) groups is 1. The first-order valence-electron chi connectivity index (χ1n) is 6.66. The van der Waals surface area contributed by atoms with Crippen LogP contribution in [0.25, 0.3) is 10.9 Å². The van der Waals surface area contributed by atoms with Crippen LogP contribution >= 0.6 is 11.8 Å². The Morgan fingerprint density at radius 3 is 2.67 bits per heavy atom. The minimum atomic E-state index is 0.609. The Balaban J connectivity index is 2.06. The molecule has 0 bridgehead atoms. The number of nitrogens with one attached hydrogen (secondary N) is 2. The number of para-hydroxylation sites is 1. The Labute approximate surface area is 128 Å². The molecule has 0 atom stereocenters. The van der Waals surface area contributed by atoms with Crippen LogP contribution in [-0.2, 0) is 0 Å². The monoisotopic (exact) mass is 296 g/mol. The van der Waals surface area contributed by atoms with Gasteiger partial charge in [-0.05, 0) is 36.6 Å². The van der Waals surface area contributed by atoms with Crippen molar-refractivity contribution in [2.75, 3.05) is 23.9 Å². The maximum atomic E-state index is 4.53. The third-order valence-corrected chi connectivity index (χ3v) is 3.88. The predicted octanol–water partition coefficient (Wildman–Crippen LogP) is 4.14. The summed E-state index contributed by atoms with van der Waals surface area (Å²) < 4.78 is 0. The summed E-state index contributed by atoms with van der Waals surface area (Å²) in [6.45, 7) is 0. The first-order chi connectivity index (χ1) is 10.3. The number of hydrogen-bond acceptors (Lipinski definition) is 5. The summed E-state index contributed by atoms with van der Waals surface area (Å²) in [6.07, 6.45) is 2.07. The quantitative estimate of drug-likeness (QED) is 0.709. The van der Waals surface area contributed by atoms with Crippen LogP contribution in [0.1, 0.15) is 0 Å². The van der Waals surface area contributed by atoms with Gasteiger partial charge in [-0.3, -0.25) is 0 Å². The number of aromatic nitrogens is 2. The summed E-state index contributed by atoms with van der Waals surface area (Å²) in [5.74, 6) is 1.42. The van der Waals surface area contributed by atoms with E-state index in [-0.39, 0.29) is 0 Å². The van der Waals surface area contributed by atoms with Crippen molar-refractivity contribution in [2.45, 2.75) is 4.90 Å². The Hall–Kier alpha value is -2.27. The van der Waals surface area contributed by atoms with Crippen molar-refractivity contribution in [1.82, 2.24) is 9.97 Å². The highest BCUT2D eigenvalue weighted by atomic mass is 32.2. The van der Waals surface area contributed by atoms with Gasteiger partial charge in [-0.25, -0.2) is 4.98 Å². The zero-order chi connectivity index (χ0) is 14.7. The summed E-state index contributed by atoms with van der Waals surface area (Å²) in [5.41, 5.74) is 1.94. The molecule has 2 aromatic carbocycles. The van der Waals surface area contributed by atoms with E-state index in [0.717, 1.165) is 22.4 Å². The van der Waals surface area contributed by atoms with Gasteiger partial charge < -0.3 is 10.6 Å². The zero-order valence-corrected chi connectivity index (χ0v) is 12.7. The van der Waals surface area contributed by atoms with Gasteiger partial charge in [-0.1, -0.05) is 18.2 Å². The van der Waals surface area contributed by atoms with E-state index in [1.54, 1.807) is 11.8 Å².